The van der Waals surface area contributed by atoms with Crippen LogP contribution in [0.1, 0.15) is 29.7 Å². The van der Waals surface area contributed by atoms with Gasteiger partial charge in [0.1, 0.15) is 5.76 Å². The van der Waals surface area contributed by atoms with Gasteiger partial charge in [-0.05, 0) is 25.5 Å². The number of rotatable bonds is 4. The van der Waals surface area contributed by atoms with E-state index in [1.807, 2.05) is 6.92 Å². The van der Waals surface area contributed by atoms with Gasteiger partial charge in [0.2, 0.25) is 5.76 Å². The predicted octanol–water partition coefficient (Wildman–Crippen LogP) is 1.35. The Labute approximate surface area is 83.0 Å². The SMILES string of the molecule is COC(=O)c1ccc(CC[C@@H](C)N)o1. The van der Waals surface area contributed by atoms with Crippen LogP contribution in [0.15, 0.2) is 16.5 Å². The average molecular weight is 197 g/mol. The number of hydrogen-bond acceptors (Lipinski definition) is 4. The largest absolute Gasteiger partial charge is 0.463 e. The number of esters is 1. The molecule has 4 nitrogen and oxygen atoms in total. The van der Waals surface area contributed by atoms with Crippen LogP contribution in [-0.2, 0) is 11.2 Å². The molecule has 0 aliphatic rings. The van der Waals surface area contributed by atoms with Crippen LogP contribution in [0.5, 0.6) is 0 Å². The van der Waals surface area contributed by atoms with E-state index in [4.69, 9.17) is 10.2 Å². The van der Waals surface area contributed by atoms with Gasteiger partial charge in [-0.25, -0.2) is 4.79 Å². The molecule has 0 unspecified atom stereocenters. The van der Waals surface area contributed by atoms with E-state index in [0.29, 0.717) is 0 Å². The van der Waals surface area contributed by atoms with Crippen molar-refractivity contribution in [2.24, 2.45) is 5.73 Å². The Hall–Kier alpha value is -1.29. The number of ether oxygens (including phenoxy) is 1. The maximum absolute atomic E-state index is 11.0. The van der Waals surface area contributed by atoms with Crippen molar-refractivity contribution < 1.29 is 13.9 Å². The molecule has 2 N–H and O–H groups in total. The maximum atomic E-state index is 11.0. The summed E-state index contributed by atoms with van der Waals surface area (Å²) < 4.78 is 9.77. The van der Waals surface area contributed by atoms with Crippen molar-refractivity contribution in [3.8, 4) is 0 Å². The van der Waals surface area contributed by atoms with Gasteiger partial charge in [-0.3, -0.25) is 0 Å². The average Bonchev–Trinajstić information content (AvgIpc) is 2.62. The van der Waals surface area contributed by atoms with Crippen LogP contribution in [0.2, 0.25) is 0 Å². The minimum absolute atomic E-state index is 0.140. The van der Waals surface area contributed by atoms with Crippen LogP contribution in [0.25, 0.3) is 0 Å². The van der Waals surface area contributed by atoms with Crippen molar-refractivity contribution in [1.29, 1.82) is 0 Å². The Morgan fingerprint density at radius 3 is 2.93 bits per heavy atom. The lowest BCUT2D eigenvalue weighted by Crippen LogP contribution is -2.15. The summed E-state index contributed by atoms with van der Waals surface area (Å²) in [7, 11) is 1.33. The number of aryl methyl sites for hydroxylation is 1. The molecule has 1 rings (SSSR count). The minimum atomic E-state index is -0.447. The second-order valence-corrected chi connectivity index (χ2v) is 3.27. The first-order valence-corrected chi connectivity index (χ1v) is 4.56. The monoisotopic (exact) mass is 197 g/mol. The fourth-order valence-corrected chi connectivity index (χ4v) is 1.09. The molecule has 0 bridgehead atoms. The van der Waals surface area contributed by atoms with E-state index in [0.717, 1.165) is 18.6 Å². The van der Waals surface area contributed by atoms with E-state index in [-0.39, 0.29) is 11.8 Å². The molecule has 0 amide bonds. The van der Waals surface area contributed by atoms with Crippen molar-refractivity contribution in [3.63, 3.8) is 0 Å². The number of furan rings is 1. The van der Waals surface area contributed by atoms with Crippen LogP contribution in [0.4, 0.5) is 0 Å². The first-order valence-electron chi connectivity index (χ1n) is 4.56. The molecule has 0 aromatic carbocycles. The Bertz CT molecular complexity index is 304. The molecule has 1 aromatic heterocycles. The van der Waals surface area contributed by atoms with E-state index in [2.05, 4.69) is 4.74 Å². The summed E-state index contributed by atoms with van der Waals surface area (Å²) in [5, 5.41) is 0. The molecule has 0 fully saturated rings. The third-order valence-corrected chi connectivity index (χ3v) is 1.89. The minimum Gasteiger partial charge on any atom is -0.463 e. The summed E-state index contributed by atoms with van der Waals surface area (Å²) in [5.74, 6) is 0.562. The standard InChI is InChI=1S/C10H15NO3/c1-7(11)3-4-8-5-6-9(14-8)10(12)13-2/h5-7H,3-4,11H2,1-2H3/t7-/m1/s1. The van der Waals surface area contributed by atoms with Crippen molar-refractivity contribution in [3.05, 3.63) is 23.7 Å². The van der Waals surface area contributed by atoms with Crippen LogP contribution < -0.4 is 5.73 Å². The molecule has 0 radical (unpaired) electrons. The number of hydrogen-bond donors (Lipinski definition) is 1. The summed E-state index contributed by atoms with van der Waals surface area (Å²) in [6.45, 7) is 1.93. The first-order chi connectivity index (χ1) is 6.63. The fourth-order valence-electron chi connectivity index (χ4n) is 1.09. The molecule has 1 atom stereocenters. The highest BCUT2D eigenvalue weighted by atomic mass is 16.5. The third kappa shape index (κ3) is 2.88. The van der Waals surface area contributed by atoms with Gasteiger partial charge in [0.15, 0.2) is 0 Å². The number of methoxy groups -OCH3 is 1. The summed E-state index contributed by atoms with van der Waals surface area (Å²) in [4.78, 5) is 11.0. The lowest BCUT2D eigenvalue weighted by molar-refractivity contribution is 0.0563. The smallest absolute Gasteiger partial charge is 0.373 e. The van der Waals surface area contributed by atoms with Crippen LogP contribution >= 0.6 is 0 Å². The number of carbonyl (C=O) groups is 1. The topological polar surface area (TPSA) is 65.5 Å². The summed E-state index contributed by atoms with van der Waals surface area (Å²) in [5.41, 5.74) is 5.60. The van der Waals surface area contributed by atoms with E-state index < -0.39 is 5.97 Å². The van der Waals surface area contributed by atoms with Crippen molar-refractivity contribution in [2.45, 2.75) is 25.8 Å². The lowest BCUT2D eigenvalue weighted by Gasteiger charge is -2.01. The van der Waals surface area contributed by atoms with E-state index >= 15 is 0 Å². The summed E-state index contributed by atoms with van der Waals surface area (Å²) >= 11 is 0. The molecule has 1 heterocycles. The molecule has 78 valence electrons. The molecule has 0 aliphatic heterocycles. The highest BCUT2D eigenvalue weighted by Crippen LogP contribution is 2.11. The van der Waals surface area contributed by atoms with Gasteiger partial charge in [-0.2, -0.15) is 0 Å². The molecular formula is C10H15NO3. The zero-order valence-corrected chi connectivity index (χ0v) is 8.45. The zero-order valence-electron chi connectivity index (χ0n) is 8.45. The molecule has 0 saturated heterocycles. The molecule has 0 spiro atoms. The third-order valence-electron chi connectivity index (χ3n) is 1.89. The molecule has 14 heavy (non-hydrogen) atoms. The van der Waals surface area contributed by atoms with Crippen molar-refractivity contribution >= 4 is 5.97 Å². The zero-order chi connectivity index (χ0) is 10.6. The van der Waals surface area contributed by atoms with Crippen LogP contribution in [-0.4, -0.2) is 19.1 Å². The Balaban J connectivity index is 2.55. The second kappa shape index (κ2) is 4.81. The second-order valence-electron chi connectivity index (χ2n) is 3.27. The highest BCUT2D eigenvalue weighted by molar-refractivity contribution is 5.86. The molecule has 0 saturated carbocycles. The van der Waals surface area contributed by atoms with Gasteiger partial charge in [-0.15, -0.1) is 0 Å². The van der Waals surface area contributed by atoms with Crippen molar-refractivity contribution in [1.82, 2.24) is 0 Å². The van der Waals surface area contributed by atoms with Gasteiger partial charge >= 0.3 is 5.97 Å². The summed E-state index contributed by atoms with van der Waals surface area (Å²) in [6.07, 6.45) is 1.59. The molecule has 4 heteroatoms. The number of nitrogens with two attached hydrogens (primary N) is 1. The van der Waals surface area contributed by atoms with E-state index in [1.54, 1.807) is 12.1 Å². The van der Waals surface area contributed by atoms with E-state index in [9.17, 15) is 4.79 Å². The Kier molecular flexibility index (Phi) is 3.71. The number of carbonyl (C=O) groups excluding carboxylic acids is 1. The lowest BCUT2D eigenvalue weighted by atomic mass is 10.2. The van der Waals surface area contributed by atoms with Crippen molar-refractivity contribution in [2.75, 3.05) is 7.11 Å². The van der Waals surface area contributed by atoms with Gasteiger partial charge in [0.25, 0.3) is 0 Å². The summed E-state index contributed by atoms with van der Waals surface area (Å²) in [6, 6.07) is 3.53. The fraction of sp³-hybridized carbons (Fsp3) is 0.500. The van der Waals surface area contributed by atoms with Gasteiger partial charge < -0.3 is 14.9 Å². The van der Waals surface area contributed by atoms with Crippen LogP contribution in [0.3, 0.4) is 0 Å². The molecule has 1 aromatic rings. The molecular weight excluding hydrogens is 182 g/mol. The van der Waals surface area contributed by atoms with Crippen LogP contribution in [0, 0.1) is 0 Å². The van der Waals surface area contributed by atoms with Gasteiger partial charge in [0.05, 0.1) is 7.11 Å². The normalized spacial score (nSPS) is 12.5. The predicted molar refractivity (Wildman–Crippen MR) is 52.0 cm³/mol. The highest BCUT2D eigenvalue weighted by Gasteiger charge is 2.10. The maximum Gasteiger partial charge on any atom is 0.373 e. The quantitative estimate of drug-likeness (QED) is 0.740. The van der Waals surface area contributed by atoms with E-state index in [1.165, 1.54) is 7.11 Å². The van der Waals surface area contributed by atoms with Gasteiger partial charge in [0, 0.05) is 12.5 Å². The van der Waals surface area contributed by atoms with Gasteiger partial charge in [-0.1, -0.05) is 0 Å². The Morgan fingerprint density at radius 1 is 1.64 bits per heavy atom. The first kappa shape index (κ1) is 10.8. The molecule has 0 aliphatic carbocycles. The Morgan fingerprint density at radius 2 is 2.36 bits per heavy atom.